The van der Waals surface area contributed by atoms with Crippen molar-refractivity contribution < 1.29 is 36.3 Å². The number of ether oxygens (including phenoxy) is 1. The van der Waals surface area contributed by atoms with Gasteiger partial charge in [0, 0.05) is 51.0 Å². The molecule has 2 bridgehead atoms. The van der Waals surface area contributed by atoms with Crippen LogP contribution in [0.15, 0.2) is 18.5 Å². The molecule has 12 nitrogen and oxygen atoms in total. The molecule has 3 aromatic rings. The minimum Gasteiger partial charge on any atom is -0.374 e. The molecule has 0 aromatic carbocycles. The van der Waals surface area contributed by atoms with E-state index in [1.165, 1.54) is 15.4 Å². The Bertz CT molecular complexity index is 1650. The molecule has 5 atom stereocenters. The summed E-state index contributed by atoms with van der Waals surface area (Å²) in [6.45, 7) is 2.81. The fourth-order valence-corrected chi connectivity index (χ4v) is 7.42. The summed E-state index contributed by atoms with van der Waals surface area (Å²) in [4.78, 5) is 37.8. The van der Waals surface area contributed by atoms with Gasteiger partial charge in [-0.1, -0.05) is 0 Å². The molecular weight excluding hydrogens is 629 g/mol. The van der Waals surface area contributed by atoms with Gasteiger partial charge in [-0.05, 0) is 44.6 Å². The van der Waals surface area contributed by atoms with E-state index in [9.17, 15) is 31.5 Å². The van der Waals surface area contributed by atoms with Crippen LogP contribution in [0.2, 0.25) is 0 Å². The first-order valence-corrected chi connectivity index (χ1v) is 16.1. The number of aryl methyl sites for hydroxylation is 1. The first kappa shape index (κ1) is 31.7. The summed E-state index contributed by atoms with van der Waals surface area (Å²) in [7, 11) is 0. The Hall–Kier alpha value is -3.89. The summed E-state index contributed by atoms with van der Waals surface area (Å²) in [5, 5.41) is 14.3. The number of imidazole rings is 1. The summed E-state index contributed by atoms with van der Waals surface area (Å²) < 4.78 is 77.9. The van der Waals surface area contributed by atoms with Gasteiger partial charge < -0.3 is 20.3 Å². The molecule has 0 spiro atoms. The highest BCUT2D eigenvalue weighted by molar-refractivity contribution is 5.92. The number of nitrogens with one attached hydrogen (secondary N) is 2. The maximum atomic E-state index is 14.2. The lowest BCUT2D eigenvalue weighted by molar-refractivity contribution is -0.183. The van der Waals surface area contributed by atoms with E-state index >= 15 is 0 Å². The normalized spacial score (nSPS) is 26.9. The van der Waals surface area contributed by atoms with E-state index in [4.69, 9.17) is 19.8 Å². The molecule has 1 saturated carbocycles. The van der Waals surface area contributed by atoms with Gasteiger partial charge in [0.2, 0.25) is 11.8 Å². The minimum atomic E-state index is -4.45. The monoisotopic (exact) mass is 665 g/mol. The van der Waals surface area contributed by atoms with E-state index in [0.29, 0.717) is 42.6 Å². The predicted molar refractivity (Wildman–Crippen MR) is 156 cm³/mol. The van der Waals surface area contributed by atoms with Crippen molar-refractivity contribution in [2.75, 3.05) is 24.6 Å². The van der Waals surface area contributed by atoms with Crippen LogP contribution in [0.1, 0.15) is 73.4 Å². The summed E-state index contributed by atoms with van der Waals surface area (Å²) >= 11 is 0. The standard InChI is InChI=1S/C30H36F5N9O3/c1-2-43-23(5-8-37-43)27(46)39-24(16-3-6-29(31,32)7-4-16)22-14-44-28(38-22)40-25(42-13-20-11-19(42)15-47-20)21(41-44)10-17-9-18(30(33,34)35)12-36-26(17)45/h5,8,14,16-20,24H,2-4,6-7,9-13,15H2,1H3,(H,36,45)(H,39,46)/t17?,18-,19+,20+,24+/m1/s1. The number of alkyl halides is 5. The molecule has 4 fully saturated rings. The number of carbonyl (C=O) groups is 2. The number of halogens is 5. The highest BCUT2D eigenvalue weighted by Gasteiger charge is 2.46. The Morgan fingerprint density at radius 2 is 2.00 bits per heavy atom. The molecule has 4 aliphatic rings. The third-order valence-electron chi connectivity index (χ3n) is 10.0. The fourth-order valence-electron chi connectivity index (χ4n) is 7.42. The number of morpholine rings is 1. The third-order valence-corrected chi connectivity index (χ3v) is 10.0. The number of hydrogen-bond acceptors (Lipinski definition) is 8. The molecule has 6 heterocycles. The van der Waals surface area contributed by atoms with Gasteiger partial charge in [-0.2, -0.15) is 28.4 Å². The van der Waals surface area contributed by atoms with Crippen LogP contribution in [0, 0.1) is 17.8 Å². The Kier molecular flexibility index (Phi) is 8.07. The largest absolute Gasteiger partial charge is 0.393 e. The zero-order chi connectivity index (χ0) is 33.1. The first-order valence-electron chi connectivity index (χ1n) is 16.1. The van der Waals surface area contributed by atoms with E-state index in [1.54, 1.807) is 12.3 Å². The molecule has 3 saturated heterocycles. The van der Waals surface area contributed by atoms with E-state index in [0.717, 1.165) is 6.42 Å². The number of piperidine rings is 1. The van der Waals surface area contributed by atoms with Crippen molar-refractivity contribution in [1.82, 2.24) is 40.0 Å². The Morgan fingerprint density at radius 1 is 1.21 bits per heavy atom. The number of hydrogen-bond donors (Lipinski definition) is 2. The number of aromatic nitrogens is 6. The van der Waals surface area contributed by atoms with Crippen LogP contribution < -0.4 is 15.5 Å². The van der Waals surface area contributed by atoms with Crippen molar-refractivity contribution in [1.29, 1.82) is 0 Å². The van der Waals surface area contributed by atoms with Gasteiger partial charge in [-0.3, -0.25) is 14.3 Å². The van der Waals surface area contributed by atoms with Gasteiger partial charge in [-0.15, -0.1) is 0 Å². The lowest BCUT2D eigenvalue weighted by atomic mass is 9.81. The number of nitrogens with zero attached hydrogens (tertiary/aromatic N) is 7. The molecule has 3 aliphatic heterocycles. The number of anilines is 1. The number of amides is 2. The van der Waals surface area contributed by atoms with E-state index in [2.05, 4.69) is 15.7 Å². The van der Waals surface area contributed by atoms with Crippen LogP contribution in [0.4, 0.5) is 27.8 Å². The molecule has 17 heteroatoms. The van der Waals surface area contributed by atoms with Crippen LogP contribution in [-0.4, -0.2) is 85.1 Å². The van der Waals surface area contributed by atoms with Gasteiger partial charge >= 0.3 is 6.18 Å². The number of carbonyl (C=O) groups excluding carboxylic acids is 2. The van der Waals surface area contributed by atoms with Crippen molar-refractivity contribution >= 4 is 23.4 Å². The van der Waals surface area contributed by atoms with Crippen molar-refractivity contribution in [2.45, 2.75) is 88.7 Å². The van der Waals surface area contributed by atoms with Gasteiger partial charge in [0.05, 0.1) is 42.6 Å². The minimum absolute atomic E-state index is 0.00704. The lowest BCUT2D eigenvalue weighted by Gasteiger charge is -2.33. The third kappa shape index (κ3) is 6.25. The number of fused-ring (bicyclic) bond motifs is 3. The van der Waals surface area contributed by atoms with E-state index in [1.807, 2.05) is 11.8 Å². The van der Waals surface area contributed by atoms with Crippen molar-refractivity contribution in [2.24, 2.45) is 17.8 Å². The van der Waals surface area contributed by atoms with Crippen LogP contribution >= 0.6 is 0 Å². The molecule has 47 heavy (non-hydrogen) atoms. The molecule has 3 aromatic heterocycles. The van der Waals surface area contributed by atoms with Gasteiger partial charge in [-0.25, -0.2) is 18.3 Å². The first-order chi connectivity index (χ1) is 22.4. The predicted octanol–water partition coefficient (Wildman–Crippen LogP) is 3.47. The van der Waals surface area contributed by atoms with Crippen LogP contribution in [0.25, 0.3) is 5.78 Å². The van der Waals surface area contributed by atoms with Gasteiger partial charge in [0.25, 0.3) is 11.7 Å². The molecular formula is C30H36F5N9O3. The second-order valence-electron chi connectivity index (χ2n) is 13.1. The van der Waals surface area contributed by atoms with Crippen LogP contribution in [0.5, 0.6) is 0 Å². The molecule has 254 valence electrons. The Morgan fingerprint density at radius 3 is 2.68 bits per heavy atom. The second kappa shape index (κ2) is 12.0. The van der Waals surface area contributed by atoms with E-state index < -0.39 is 48.3 Å². The van der Waals surface area contributed by atoms with Crippen molar-refractivity contribution in [3.05, 3.63) is 35.5 Å². The smallest absolute Gasteiger partial charge is 0.374 e. The second-order valence-corrected chi connectivity index (χ2v) is 13.1. The summed E-state index contributed by atoms with van der Waals surface area (Å²) in [6.07, 6.45) is -1.39. The van der Waals surface area contributed by atoms with Gasteiger partial charge in [0.1, 0.15) is 11.4 Å². The van der Waals surface area contributed by atoms with E-state index in [-0.39, 0.29) is 62.4 Å². The van der Waals surface area contributed by atoms with Crippen LogP contribution in [0.3, 0.4) is 0 Å². The zero-order valence-electron chi connectivity index (χ0n) is 25.7. The molecule has 1 unspecified atom stereocenters. The highest BCUT2D eigenvalue weighted by Crippen LogP contribution is 2.42. The lowest BCUT2D eigenvalue weighted by Crippen LogP contribution is -2.47. The SMILES string of the molecule is CCn1nccc1C(=O)N[C@H](c1cn2nc(CC3C[C@@H](C(F)(F)F)CNC3=O)c(N3C[C@@H]4C[C@H]3CO4)nc2n1)C1CCC(F)(F)CC1. The maximum absolute atomic E-state index is 14.2. The Balaban J connectivity index is 1.25. The zero-order valence-corrected chi connectivity index (χ0v) is 25.7. The molecule has 2 N–H and O–H groups in total. The quantitative estimate of drug-likeness (QED) is 0.350. The average Bonchev–Trinajstić information content (AvgIpc) is 3.84. The highest BCUT2D eigenvalue weighted by atomic mass is 19.4. The molecule has 7 rings (SSSR count). The van der Waals surface area contributed by atoms with Gasteiger partial charge in [0.15, 0.2) is 5.82 Å². The fraction of sp³-hybridized carbons (Fsp3) is 0.667. The average molecular weight is 666 g/mol. The topological polar surface area (TPSA) is 132 Å². The summed E-state index contributed by atoms with van der Waals surface area (Å²) in [5.74, 6) is -6.07. The molecule has 2 amide bonds. The van der Waals surface area contributed by atoms with Crippen molar-refractivity contribution in [3.8, 4) is 0 Å². The van der Waals surface area contributed by atoms with Crippen LogP contribution in [-0.2, 0) is 22.5 Å². The maximum Gasteiger partial charge on any atom is 0.393 e. The summed E-state index contributed by atoms with van der Waals surface area (Å²) in [6, 6.07) is 0.823. The number of rotatable bonds is 8. The van der Waals surface area contributed by atoms with Crippen molar-refractivity contribution in [3.63, 3.8) is 0 Å². The molecule has 0 radical (unpaired) electrons. The Labute approximate surface area is 266 Å². The molecule has 1 aliphatic carbocycles. The summed E-state index contributed by atoms with van der Waals surface area (Å²) in [5.41, 5.74) is 1.04.